The molecule has 0 unspecified atom stereocenters. The lowest BCUT2D eigenvalue weighted by molar-refractivity contribution is 0.358. The molecular formula is C15H25ClN2O. The highest BCUT2D eigenvalue weighted by Crippen LogP contribution is 2.12. The maximum absolute atomic E-state index is 5.15. The number of hydrogen-bond donors (Lipinski definition) is 2. The fraction of sp³-hybridized carbons (Fsp3) is 0.600. The average Bonchev–Trinajstić information content (AvgIpc) is 2.45. The van der Waals surface area contributed by atoms with Gasteiger partial charge in [-0.05, 0) is 69.1 Å². The van der Waals surface area contributed by atoms with Crippen molar-refractivity contribution in [2.45, 2.75) is 19.3 Å². The summed E-state index contributed by atoms with van der Waals surface area (Å²) >= 11 is 0. The molecule has 0 aromatic heterocycles. The first-order valence-electron chi connectivity index (χ1n) is 6.93. The summed E-state index contributed by atoms with van der Waals surface area (Å²) in [7, 11) is 1.70. The van der Waals surface area contributed by atoms with Crippen molar-refractivity contribution in [2.24, 2.45) is 5.92 Å². The molecule has 1 aromatic rings. The van der Waals surface area contributed by atoms with Crippen LogP contribution in [0.1, 0.15) is 18.4 Å². The van der Waals surface area contributed by atoms with Crippen molar-refractivity contribution < 1.29 is 4.74 Å². The summed E-state index contributed by atoms with van der Waals surface area (Å²) in [4.78, 5) is 0. The molecule has 2 rings (SSSR count). The standard InChI is InChI=1S/C15H24N2O.ClH/c1-18-15-4-2-13(3-5-15)6-11-17-12-14-7-9-16-10-8-14;/h2-5,14,16-17H,6-12H2,1H3;1H. The zero-order valence-electron chi connectivity index (χ0n) is 11.7. The van der Waals surface area contributed by atoms with Crippen LogP contribution in [0.3, 0.4) is 0 Å². The first-order chi connectivity index (χ1) is 8.88. The van der Waals surface area contributed by atoms with Crippen LogP contribution in [-0.2, 0) is 6.42 Å². The largest absolute Gasteiger partial charge is 0.497 e. The molecule has 0 radical (unpaired) electrons. The second-order valence-electron chi connectivity index (χ2n) is 5.00. The molecular weight excluding hydrogens is 260 g/mol. The van der Waals surface area contributed by atoms with E-state index >= 15 is 0 Å². The lowest BCUT2D eigenvalue weighted by atomic mass is 9.98. The van der Waals surface area contributed by atoms with Gasteiger partial charge in [-0.3, -0.25) is 0 Å². The second kappa shape index (κ2) is 9.18. The van der Waals surface area contributed by atoms with Gasteiger partial charge in [-0.25, -0.2) is 0 Å². The van der Waals surface area contributed by atoms with Crippen LogP contribution in [0.15, 0.2) is 24.3 Å². The van der Waals surface area contributed by atoms with Gasteiger partial charge in [0.05, 0.1) is 7.11 Å². The first-order valence-corrected chi connectivity index (χ1v) is 6.93. The summed E-state index contributed by atoms with van der Waals surface area (Å²) in [5, 5.41) is 6.98. The van der Waals surface area contributed by atoms with Crippen LogP contribution < -0.4 is 15.4 Å². The van der Waals surface area contributed by atoms with Crippen LogP contribution in [0.5, 0.6) is 5.75 Å². The van der Waals surface area contributed by atoms with Gasteiger partial charge in [0.25, 0.3) is 0 Å². The van der Waals surface area contributed by atoms with Gasteiger partial charge in [0.2, 0.25) is 0 Å². The Bertz CT molecular complexity index is 337. The number of methoxy groups -OCH3 is 1. The Kier molecular flexibility index (Phi) is 7.87. The number of ether oxygens (including phenoxy) is 1. The van der Waals surface area contributed by atoms with E-state index in [-0.39, 0.29) is 12.4 Å². The van der Waals surface area contributed by atoms with Crippen LogP contribution in [0.4, 0.5) is 0 Å². The number of benzene rings is 1. The molecule has 19 heavy (non-hydrogen) atoms. The summed E-state index contributed by atoms with van der Waals surface area (Å²) in [5.74, 6) is 1.79. The number of rotatable bonds is 6. The molecule has 0 saturated carbocycles. The van der Waals surface area contributed by atoms with E-state index < -0.39 is 0 Å². The van der Waals surface area contributed by atoms with E-state index in [0.29, 0.717) is 0 Å². The van der Waals surface area contributed by atoms with E-state index in [1.54, 1.807) is 7.11 Å². The van der Waals surface area contributed by atoms with Gasteiger partial charge in [0, 0.05) is 0 Å². The molecule has 1 heterocycles. The van der Waals surface area contributed by atoms with E-state index in [1.165, 1.54) is 31.5 Å². The maximum atomic E-state index is 5.15. The molecule has 4 heteroatoms. The highest BCUT2D eigenvalue weighted by atomic mass is 35.5. The maximum Gasteiger partial charge on any atom is 0.118 e. The number of hydrogen-bond acceptors (Lipinski definition) is 3. The third kappa shape index (κ3) is 5.81. The van der Waals surface area contributed by atoms with Crippen molar-refractivity contribution in [3.05, 3.63) is 29.8 Å². The third-order valence-corrected chi connectivity index (χ3v) is 3.64. The van der Waals surface area contributed by atoms with E-state index in [9.17, 15) is 0 Å². The van der Waals surface area contributed by atoms with Gasteiger partial charge in [-0.2, -0.15) is 0 Å². The molecule has 0 atom stereocenters. The predicted octanol–water partition coefficient (Wildman–Crippen LogP) is 2.25. The Labute approximate surface area is 122 Å². The van der Waals surface area contributed by atoms with Gasteiger partial charge in [0.15, 0.2) is 0 Å². The van der Waals surface area contributed by atoms with Crippen molar-refractivity contribution >= 4 is 12.4 Å². The highest BCUT2D eigenvalue weighted by Gasteiger charge is 2.11. The summed E-state index contributed by atoms with van der Waals surface area (Å²) < 4.78 is 5.15. The number of piperidine rings is 1. The van der Waals surface area contributed by atoms with E-state index in [2.05, 4.69) is 22.8 Å². The molecule has 0 spiro atoms. The van der Waals surface area contributed by atoms with Crippen molar-refractivity contribution in [1.82, 2.24) is 10.6 Å². The number of halogens is 1. The molecule has 108 valence electrons. The molecule has 1 aliphatic heterocycles. The van der Waals surface area contributed by atoms with Crippen LogP contribution in [-0.4, -0.2) is 33.3 Å². The topological polar surface area (TPSA) is 33.3 Å². The predicted molar refractivity (Wildman–Crippen MR) is 82.4 cm³/mol. The minimum atomic E-state index is 0. The Morgan fingerprint density at radius 1 is 1.21 bits per heavy atom. The van der Waals surface area contributed by atoms with E-state index in [0.717, 1.165) is 31.2 Å². The molecule has 0 amide bonds. The molecule has 3 nitrogen and oxygen atoms in total. The summed E-state index contributed by atoms with van der Waals surface area (Å²) in [6.45, 7) is 4.60. The molecule has 0 bridgehead atoms. The SMILES string of the molecule is COc1ccc(CCNCC2CCNCC2)cc1.Cl. The van der Waals surface area contributed by atoms with Crippen molar-refractivity contribution in [2.75, 3.05) is 33.3 Å². The van der Waals surface area contributed by atoms with Gasteiger partial charge < -0.3 is 15.4 Å². The molecule has 1 saturated heterocycles. The molecule has 1 aliphatic rings. The number of nitrogens with one attached hydrogen (secondary N) is 2. The summed E-state index contributed by atoms with van der Waals surface area (Å²) in [6.07, 6.45) is 3.72. The first kappa shape index (κ1) is 16.3. The molecule has 0 aliphatic carbocycles. The monoisotopic (exact) mass is 284 g/mol. The summed E-state index contributed by atoms with van der Waals surface area (Å²) in [5.41, 5.74) is 1.37. The molecule has 1 aromatic carbocycles. The normalized spacial score (nSPS) is 15.8. The highest BCUT2D eigenvalue weighted by molar-refractivity contribution is 5.85. The zero-order valence-corrected chi connectivity index (χ0v) is 12.5. The average molecular weight is 285 g/mol. The molecule has 1 fully saturated rings. The van der Waals surface area contributed by atoms with Gasteiger partial charge in [-0.1, -0.05) is 12.1 Å². The lowest BCUT2D eigenvalue weighted by Crippen LogP contribution is -2.34. The minimum absolute atomic E-state index is 0. The smallest absolute Gasteiger partial charge is 0.118 e. The van der Waals surface area contributed by atoms with Crippen molar-refractivity contribution in [3.63, 3.8) is 0 Å². The third-order valence-electron chi connectivity index (χ3n) is 3.64. The van der Waals surface area contributed by atoms with Crippen LogP contribution in [0.2, 0.25) is 0 Å². The zero-order chi connectivity index (χ0) is 12.6. The van der Waals surface area contributed by atoms with E-state index in [1.807, 2.05) is 12.1 Å². The quantitative estimate of drug-likeness (QED) is 0.786. The van der Waals surface area contributed by atoms with Gasteiger partial charge in [0.1, 0.15) is 5.75 Å². The second-order valence-corrected chi connectivity index (χ2v) is 5.00. The molecule has 2 N–H and O–H groups in total. The Balaban J connectivity index is 0.00000180. The Morgan fingerprint density at radius 2 is 1.89 bits per heavy atom. The van der Waals surface area contributed by atoms with Gasteiger partial charge in [-0.15, -0.1) is 12.4 Å². The van der Waals surface area contributed by atoms with Gasteiger partial charge >= 0.3 is 0 Å². The van der Waals surface area contributed by atoms with Crippen LogP contribution in [0, 0.1) is 5.92 Å². The fourth-order valence-corrected chi connectivity index (χ4v) is 2.42. The van der Waals surface area contributed by atoms with Crippen molar-refractivity contribution in [1.29, 1.82) is 0 Å². The van der Waals surface area contributed by atoms with Crippen LogP contribution >= 0.6 is 12.4 Å². The summed E-state index contributed by atoms with van der Waals surface area (Å²) in [6, 6.07) is 8.35. The fourth-order valence-electron chi connectivity index (χ4n) is 2.42. The minimum Gasteiger partial charge on any atom is -0.497 e. The Morgan fingerprint density at radius 3 is 2.53 bits per heavy atom. The van der Waals surface area contributed by atoms with E-state index in [4.69, 9.17) is 4.74 Å². The lowest BCUT2D eigenvalue weighted by Gasteiger charge is -2.22. The van der Waals surface area contributed by atoms with Crippen LogP contribution in [0.25, 0.3) is 0 Å². The van der Waals surface area contributed by atoms with Crippen molar-refractivity contribution in [3.8, 4) is 5.75 Å². The Hall–Kier alpha value is -0.770.